The summed E-state index contributed by atoms with van der Waals surface area (Å²) in [6, 6.07) is 8.32. The van der Waals surface area contributed by atoms with Crippen molar-refractivity contribution in [2.24, 2.45) is 0 Å². The predicted molar refractivity (Wildman–Crippen MR) is 60.3 cm³/mol. The maximum absolute atomic E-state index is 5.81. The predicted octanol–water partition coefficient (Wildman–Crippen LogP) is 1.91. The van der Waals surface area contributed by atoms with E-state index in [1.54, 1.807) is 0 Å². The number of nitrogen functional groups attached to an aromatic ring is 1. The summed E-state index contributed by atoms with van der Waals surface area (Å²) in [6.07, 6.45) is 2.41. The van der Waals surface area contributed by atoms with Crippen LogP contribution in [0, 0.1) is 0 Å². The summed E-state index contributed by atoms with van der Waals surface area (Å²) in [5.74, 6) is 0. The molecule has 0 atom stereocenters. The molecule has 1 aliphatic heterocycles. The first-order chi connectivity index (χ1) is 6.71. The lowest BCUT2D eigenvalue weighted by molar-refractivity contribution is 0.335. The second kappa shape index (κ2) is 3.62. The van der Waals surface area contributed by atoms with E-state index in [0.717, 1.165) is 18.8 Å². The van der Waals surface area contributed by atoms with Gasteiger partial charge in [0.25, 0.3) is 0 Å². The van der Waals surface area contributed by atoms with E-state index in [1.165, 1.54) is 18.4 Å². The number of rotatable bonds is 1. The molecule has 0 amide bonds. The van der Waals surface area contributed by atoms with Crippen molar-refractivity contribution in [2.45, 2.75) is 25.2 Å². The van der Waals surface area contributed by atoms with E-state index in [9.17, 15) is 0 Å². The first-order valence-corrected chi connectivity index (χ1v) is 5.27. The Hall–Kier alpha value is -1.02. The third kappa shape index (κ3) is 1.75. The molecule has 76 valence electrons. The Kier molecular flexibility index (Phi) is 2.46. The number of piperidine rings is 1. The van der Waals surface area contributed by atoms with Gasteiger partial charge in [-0.25, -0.2) is 0 Å². The van der Waals surface area contributed by atoms with Crippen LogP contribution in [0.1, 0.15) is 25.3 Å². The average Bonchev–Trinajstić information content (AvgIpc) is 2.19. The van der Waals surface area contributed by atoms with Gasteiger partial charge in [-0.15, -0.1) is 0 Å². The lowest BCUT2D eigenvalue weighted by atomic mass is 9.75. The van der Waals surface area contributed by atoms with Crippen LogP contribution in [0.5, 0.6) is 0 Å². The molecule has 0 aromatic heterocycles. The molecule has 3 N–H and O–H groups in total. The van der Waals surface area contributed by atoms with Crippen LogP contribution < -0.4 is 11.1 Å². The molecule has 1 fully saturated rings. The number of hydrogen-bond donors (Lipinski definition) is 2. The van der Waals surface area contributed by atoms with Gasteiger partial charge in [0.05, 0.1) is 0 Å². The maximum Gasteiger partial charge on any atom is 0.0316 e. The topological polar surface area (TPSA) is 38.0 Å². The molecule has 1 aromatic rings. The van der Waals surface area contributed by atoms with Crippen LogP contribution in [-0.2, 0) is 5.41 Å². The van der Waals surface area contributed by atoms with Crippen LogP contribution in [0.3, 0.4) is 0 Å². The molecule has 0 spiro atoms. The summed E-state index contributed by atoms with van der Waals surface area (Å²) in [4.78, 5) is 0. The van der Waals surface area contributed by atoms with Gasteiger partial charge >= 0.3 is 0 Å². The van der Waals surface area contributed by atoms with E-state index in [-0.39, 0.29) is 0 Å². The minimum absolute atomic E-state index is 0.320. The molecule has 2 heteroatoms. The molecule has 14 heavy (non-hydrogen) atoms. The molecule has 1 heterocycles. The molecule has 0 unspecified atom stereocenters. The molecule has 2 nitrogen and oxygen atoms in total. The number of nitrogens with one attached hydrogen (secondary N) is 1. The highest BCUT2D eigenvalue weighted by molar-refractivity contribution is 5.43. The van der Waals surface area contributed by atoms with E-state index >= 15 is 0 Å². The summed E-state index contributed by atoms with van der Waals surface area (Å²) >= 11 is 0. The molecule has 1 saturated heterocycles. The highest BCUT2D eigenvalue weighted by Crippen LogP contribution is 2.33. The van der Waals surface area contributed by atoms with Crippen LogP contribution in [0.15, 0.2) is 24.3 Å². The average molecular weight is 190 g/mol. The quantitative estimate of drug-likeness (QED) is 0.664. The second-order valence-corrected chi connectivity index (χ2v) is 4.44. The van der Waals surface area contributed by atoms with Gasteiger partial charge in [-0.2, -0.15) is 0 Å². The van der Waals surface area contributed by atoms with Crippen LogP contribution in [0.25, 0.3) is 0 Å². The normalized spacial score (nSPS) is 20.6. The Balaban J connectivity index is 2.28. The number of hydrogen-bond acceptors (Lipinski definition) is 2. The van der Waals surface area contributed by atoms with E-state index < -0.39 is 0 Å². The fourth-order valence-corrected chi connectivity index (χ4v) is 2.18. The molecule has 0 bridgehead atoms. The maximum atomic E-state index is 5.81. The van der Waals surface area contributed by atoms with Crippen LogP contribution in [-0.4, -0.2) is 13.1 Å². The Labute approximate surface area is 85.5 Å². The van der Waals surface area contributed by atoms with Gasteiger partial charge in [-0.3, -0.25) is 0 Å². The summed E-state index contributed by atoms with van der Waals surface area (Å²) in [5, 5.41) is 3.39. The highest BCUT2D eigenvalue weighted by Gasteiger charge is 2.28. The van der Waals surface area contributed by atoms with Crippen molar-refractivity contribution in [1.82, 2.24) is 5.32 Å². The van der Waals surface area contributed by atoms with Crippen molar-refractivity contribution >= 4 is 5.69 Å². The largest absolute Gasteiger partial charge is 0.399 e. The third-order valence-electron chi connectivity index (χ3n) is 3.29. The SMILES string of the molecule is CC1(c2cccc(N)c2)CCNCC1. The smallest absolute Gasteiger partial charge is 0.0316 e. The molecular formula is C12H18N2. The van der Waals surface area contributed by atoms with Gasteiger partial charge in [0.2, 0.25) is 0 Å². The fraction of sp³-hybridized carbons (Fsp3) is 0.500. The Morgan fingerprint density at radius 3 is 2.64 bits per heavy atom. The van der Waals surface area contributed by atoms with Crippen molar-refractivity contribution in [3.63, 3.8) is 0 Å². The zero-order chi connectivity index (χ0) is 10.0. The monoisotopic (exact) mass is 190 g/mol. The molecular weight excluding hydrogens is 172 g/mol. The van der Waals surface area contributed by atoms with E-state index in [2.05, 4.69) is 30.4 Å². The van der Waals surface area contributed by atoms with Crippen molar-refractivity contribution in [1.29, 1.82) is 0 Å². The fourth-order valence-electron chi connectivity index (χ4n) is 2.18. The van der Waals surface area contributed by atoms with Gasteiger partial charge in [-0.05, 0) is 49.0 Å². The summed E-state index contributed by atoms with van der Waals surface area (Å²) in [7, 11) is 0. The van der Waals surface area contributed by atoms with Crippen LogP contribution >= 0.6 is 0 Å². The molecule has 0 radical (unpaired) electrons. The molecule has 1 aromatic carbocycles. The van der Waals surface area contributed by atoms with Crippen LogP contribution in [0.2, 0.25) is 0 Å². The first kappa shape index (κ1) is 9.53. The third-order valence-corrected chi connectivity index (χ3v) is 3.29. The van der Waals surface area contributed by atoms with Crippen molar-refractivity contribution < 1.29 is 0 Å². The molecule has 0 saturated carbocycles. The van der Waals surface area contributed by atoms with Crippen molar-refractivity contribution in [2.75, 3.05) is 18.8 Å². The summed E-state index contributed by atoms with van der Waals surface area (Å²) in [6.45, 7) is 4.57. The van der Waals surface area contributed by atoms with E-state index in [4.69, 9.17) is 5.73 Å². The molecule has 2 rings (SSSR count). The van der Waals surface area contributed by atoms with Gasteiger partial charge in [0, 0.05) is 5.69 Å². The van der Waals surface area contributed by atoms with Gasteiger partial charge in [0.1, 0.15) is 0 Å². The van der Waals surface area contributed by atoms with E-state index in [1.807, 2.05) is 6.07 Å². The van der Waals surface area contributed by atoms with Gasteiger partial charge in [-0.1, -0.05) is 19.1 Å². The zero-order valence-electron chi connectivity index (χ0n) is 8.72. The molecule has 0 aliphatic carbocycles. The number of benzene rings is 1. The standard InChI is InChI=1S/C12H18N2/c1-12(5-7-14-8-6-12)10-3-2-4-11(13)9-10/h2-4,9,14H,5-8,13H2,1H3. The number of nitrogens with two attached hydrogens (primary N) is 1. The van der Waals surface area contributed by atoms with Gasteiger partial charge < -0.3 is 11.1 Å². The minimum Gasteiger partial charge on any atom is -0.399 e. The van der Waals surface area contributed by atoms with E-state index in [0.29, 0.717) is 5.41 Å². The Morgan fingerprint density at radius 1 is 1.29 bits per heavy atom. The number of anilines is 1. The Bertz CT molecular complexity index is 314. The first-order valence-electron chi connectivity index (χ1n) is 5.27. The minimum atomic E-state index is 0.320. The Morgan fingerprint density at radius 2 is 2.00 bits per heavy atom. The summed E-state index contributed by atoms with van der Waals surface area (Å²) in [5.41, 5.74) is 8.39. The van der Waals surface area contributed by atoms with Crippen LogP contribution in [0.4, 0.5) is 5.69 Å². The van der Waals surface area contributed by atoms with Gasteiger partial charge in [0.15, 0.2) is 0 Å². The van der Waals surface area contributed by atoms with Crippen molar-refractivity contribution in [3.05, 3.63) is 29.8 Å². The lowest BCUT2D eigenvalue weighted by Gasteiger charge is -2.34. The second-order valence-electron chi connectivity index (χ2n) is 4.44. The molecule has 1 aliphatic rings. The highest BCUT2D eigenvalue weighted by atomic mass is 14.9. The lowest BCUT2D eigenvalue weighted by Crippen LogP contribution is -2.37. The van der Waals surface area contributed by atoms with Crippen molar-refractivity contribution in [3.8, 4) is 0 Å². The summed E-state index contributed by atoms with van der Waals surface area (Å²) < 4.78 is 0. The zero-order valence-corrected chi connectivity index (χ0v) is 8.72.